The van der Waals surface area contributed by atoms with Crippen LogP contribution in [0.3, 0.4) is 0 Å². The molecule has 9 heteroatoms. The van der Waals surface area contributed by atoms with E-state index in [0.29, 0.717) is 11.1 Å². The number of hydrogen-bond acceptors (Lipinski definition) is 5. The highest BCUT2D eigenvalue weighted by Crippen LogP contribution is 2.21. The number of carbonyl (C=O) groups is 2. The van der Waals surface area contributed by atoms with Gasteiger partial charge in [-0.1, -0.05) is 11.6 Å². The maximum absolute atomic E-state index is 11.7. The third-order valence-corrected chi connectivity index (χ3v) is 3.74. The Hall–Kier alpha value is -2.19. The van der Waals surface area contributed by atoms with Gasteiger partial charge in [-0.3, -0.25) is 0 Å². The third kappa shape index (κ3) is 2.86. The average molecular weight is 316 g/mol. The van der Waals surface area contributed by atoms with Gasteiger partial charge in [0.2, 0.25) is 0 Å². The van der Waals surface area contributed by atoms with Crippen LogP contribution in [0, 0.1) is 0 Å². The van der Waals surface area contributed by atoms with Crippen molar-refractivity contribution in [3.05, 3.63) is 40.3 Å². The molecule has 0 saturated heterocycles. The van der Waals surface area contributed by atoms with Crippen LogP contribution in [-0.2, 0) is 19.6 Å². The number of hydrogen-bond donors (Lipinski definition) is 1. The zero-order valence-electron chi connectivity index (χ0n) is 9.61. The Morgan fingerprint density at radius 1 is 1.20 bits per heavy atom. The summed E-state index contributed by atoms with van der Waals surface area (Å²) < 4.78 is 30.8. The summed E-state index contributed by atoms with van der Waals surface area (Å²) in [7, 11) is -4.34. The standard InChI is InChI=1S/C11H6ClNO6S/c12-6-1-3-7(4-2-6)19-11(16)9-5-8(10(14)15)13-20(9,17)18/h1-5H,(H,14,15). The summed E-state index contributed by atoms with van der Waals surface area (Å²) in [4.78, 5) is 21.5. The highest BCUT2D eigenvalue weighted by atomic mass is 35.5. The van der Waals surface area contributed by atoms with Crippen LogP contribution in [0.2, 0.25) is 5.02 Å². The van der Waals surface area contributed by atoms with Gasteiger partial charge in [0.25, 0.3) is 10.0 Å². The molecule has 1 N–H and O–H groups in total. The summed E-state index contributed by atoms with van der Waals surface area (Å²) in [5.41, 5.74) is -0.743. The van der Waals surface area contributed by atoms with Crippen LogP contribution in [0.5, 0.6) is 5.75 Å². The van der Waals surface area contributed by atoms with E-state index < -0.39 is 32.6 Å². The van der Waals surface area contributed by atoms with Crippen molar-refractivity contribution in [1.29, 1.82) is 0 Å². The Labute approximate surface area is 118 Å². The fraction of sp³-hybridized carbons (Fsp3) is 0. The Balaban J connectivity index is 2.25. The number of rotatable bonds is 3. The third-order valence-electron chi connectivity index (χ3n) is 2.21. The number of aliphatic carboxylic acids is 1. The molecule has 1 aliphatic rings. The highest BCUT2D eigenvalue weighted by molar-refractivity contribution is 7.95. The first-order valence-corrected chi connectivity index (χ1v) is 6.89. The largest absolute Gasteiger partial charge is 0.476 e. The molecule has 1 aliphatic heterocycles. The van der Waals surface area contributed by atoms with E-state index in [4.69, 9.17) is 21.4 Å². The molecule has 20 heavy (non-hydrogen) atoms. The minimum absolute atomic E-state index is 0.0688. The van der Waals surface area contributed by atoms with Gasteiger partial charge >= 0.3 is 11.9 Å². The second kappa shape index (κ2) is 5.06. The van der Waals surface area contributed by atoms with Gasteiger partial charge in [0.15, 0.2) is 10.6 Å². The predicted molar refractivity (Wildman–Crippen MR) is 69.2 cm³/mol. The number of sulfonamides is 1. The van der Waals surface area contributed by atoms with E-state index >= 15 is 0 Å². The molecule has 0 aromatic heterocycles. The first kappa shape index (κ1) is 14.2. The van der Waals surface area contributed by atoms with Crippen LogP contribution in [0.1, 0.15) is 0 Å². The lowest BCUT2D eigenvalue weighted by atomic mass is 10.3. The number of ether oxygens (including phenoxy) is 1. The molecule has 0 bridgehead atoms. The van der Waals surface area contributed by atoms with Crippen molar-refractivity contribution in [2.45, 2.75) is 0 Å². The van der Waals surface area contributed by atoms with Gasteiger partial charge in [0.05, 0.1) is 0 Å². The van der Waals surface area contributed by atoms with E-state index in [1.54, 1.807) is 0 Å². The van der Waals surface area contributed by atoms with Gasteiger partial charge in [0, 0.05) is 11.1 Å². The van der Waals surface area contributed by atoms with Crippen molar-refractivity contribution in [2.24, 2.45) is 4.40 Å². The van der Waals surface area contributed by atoms with Gasteiger partial charge in [-0.25, -0.2) is 9.59 Å². The maximum atomic E-state index is 11.7. The number of nitrogens with zero attached hydrogens (tertiary/aromatic N) is 1. The molecular weight excluding hydrogens is 310 g/mol. The molecule has 0 aliphatic carbocycles. The fourth-order valence-electron chi connectivity index (χ4n) is 1.33. The summed E-state index contributed by atoms with van der Waals surface area (Å²) in [6, 6.07) is 5.62. The zero-order chi connectivity index (χ0) is 14.9. The van der Waals surface area contributed by atoms with Crippen molar-refractivity contribution in [2.75, 3.05) is 0 Å². The molecule has 1 aromatic rings. The smallest absolute Gasteiger partial charge is 0.357 e. The topological polar surface area (TPSA) is 110 Å². The minimum Gasteiger partial charge on any atom is -0.476 e. The highest BCUT2D eigenvalue weighted by Gasteiger charge is 2.34. The number of carboxylic acid groups (broad SMARTS) is 1. The van der Waals surface area contributed by atoms with E-state index in [1.165, 1.54) is 24.3 Å². The monoisotopic (exact) mass is 315 g/mol. The van der Waals surface area contributed by atoms with Crippen LogP contribution in [-0.4, -0.2) is 31.2 Å². The molecule has 0 amide bonds. The zero-order valence-corrected chi connectivity index (χ0v) is 11.2. The number of carbonyl (C=O) groups excluding carboxylic acids is 1. The second-order valence-corrected chi connectivity index (χ2v) is 5.62. The molecule has 0 spiro atoms. The van der Waals surface area contributed by atoms with Crippen molar-refractivity contribution in [3.8, 4) is 5.75 Å². The Morgan fingerprint density at radius 2 is 1.80 bits per heavy atom. The average Bonchev–Trinajstić information content (AvgIpc) is 2.68. The van der Waals surface area contributed by atoms with Crippen molar-refractivity contribution in [1.82, 2.24) is 0 Å². The Bertz CT molecular complexity index is 748. The summed E-state index contributed by atoms with van der Waals surface area (Å²) in [6.07, 6.45) is 0.649. The SMILES string of the molecule is O=C(O)C1=NS(=O)(=O)C(C(=O)Oc2ccc(Cl)cc2)=C1. The van der Waals surface area contributed by atoms with E-state index in [2.05, 4.69) is 4.40 Å². The number of carboxylic acids is 1. The van der Waals surface area contributed by atoms with Gasteiger partial charge in [0.1, 0.15) is 5.75 Å². The Kier molecular flexibility index (Phi) is 3.60. The molecule has 1 heterocycles. The molecule has 0 fully saturated rings. The quantitative estimate of drug-likeness (QED) is 0.658. The summed E-state index contributed by atoms with van der Waals surface area (Å²) in [5, 5.41) is 9.07. The minimum atomic E-state index is -4.34. The first-order valence-electron chi connectivity index (χ1n) is 5.07. The summed E-state index contributed by atoms with van der Waals surface area (Å²) in [5.74, 6) is -2.70. The molecule has 104 valence electrons. The first-order chi connectivity index (χ1) is 9.29. The predicted octanol–water partition coefficient (Wildman–Crippen LogP) is 0.998. The van der Waals surface area contributed by atoms with Crippen molar-refractivity contribution < 1.29 is 27.9 Å². The lowest BCUT2D eigenvalue weighted by Gasteiger charge is -2.03. The summed E-state index contributed by atoms with van der Waals surface area (Å²) >= 11 is 5.64. The normalized spacial score (nSPS) is 16.2. The molecule has 0 atom stereocenters. The molecule has 2 rings (SSSR count). The van der Waals surface area contributed by atoms with Crippen LogP contribution in [0.25, 0.3) is 0 Å². The lowest BCUT2D eigenvalue weighted by molar-refractivity contribution is -0.130. The number of halogens is 1. The van der Waals surface area contributed by atoms with E-state index in [-0.39, 0.29) is 5.75 Å². The Morgan fingerprint density at radius 3 is 2.30 bits per heavy atom. The van der Waals surface area contributed by atoms with E-state index in [9.17, 15) is 18.0 Å². The fourth-order valence-corrected chi connectivity index (χ4v) is 2.46. The molecule has 7 nitrogen and oxygen atoms in total. The maximum Gasteiger partial charge on any atom is 0.357 e. The van der Waals surface area contributed by atoms with Crippen LogP contribution in [0.4, 0.5) is 0 Å². The van der Waals surface area contributed by atoms with Gasteiger partial charge in [-0.05, 0) is 24.3 Å². The van der Waals surface area contributed by atoms with Gasteiger partial charge < -0.3 is 9.84 Å². The van der Waals surface area contributed by atoms with Gasteiger partial charge in [-0.2, -0.15) is 12.8 Å². The molecule has 0 unspecified atom stereocenters. The van der Waals surface area contributed by atoms with Crippen molar-refractivity contribution >= 4 is 39.3 Å². The lowest BCUT2D eigenvalue weighted by Crippen LogP contribution is -2.15. The van der Waals surface area contributed by atoms with E-state index in [1.807, 2.05) is 0 Å². The van der Waals surface area contributed by atoms with E-state index in [0.717, 1.165) is 0 Å². The summed E-state index contributed by atoms with van der Waals surface area (Å²) in [6.45, 7) is 0. The van der Waals surface area contributed by atoms with Crippen LogP contribution >= 0.6 is 11.6 Å². The molecule has 1 aromatic carbocycles. The number of benzene rings is 1. The second-order valence-electron chi connectivity index (χ2n) is 3.61. The molecule has 0 radical (unpaired) electrons. The van der Waals surface area contributed by atoms with Crippen LogP contribution in [0.15, 0.2) is 39.6 Å². The van der Waals surface area contributed by atoms with Gasteiger partial charge in [-0.15, -0.1) is 0 Å². The molecular formula is C11H6ClNO6S. The molecule has 0 saturated carbocycles. The van der Waals surface area contributed by atoms with Crippen molar-refractivity contribution in [3.63, 3.8) is 0 Å². The van der Waals surface area contributed by atoms with Crippen LogP contribution < -0.4 is 4.74 Å². The number of esters is 1.